The first-order valence-corrected chi connectivity index (χ1v) is 16.3. The lowest BCUT2D eigenvalue weighted by molar-refractivity contribution is -0.139. The van der Waals surface area contributed by atoms with Crippen molar-refractivity contribution in [2.45, 2.75) is 32.0 Å². The number of esters is 1. The molecule has 12 heteroatoms. The fourth-order valence-corrected chi connectivity index (χ4v) is 5.16. The third kappa shape index (κ3) is 9.23. The highest BCUT2D eigenvalue weighted by Crippen LogP contribution is 2.34. The Hall–Kier alpha value is -8.11. The number of imide groups is 1. The Bertz CT molecular complexity index is 2770. The number of anilines is 1. The van der Waals surface area contributed by atoms with Crippen LogP contribution in [0.3, 0.4) is 0 Å². The quantitative estimate of drug-likeness (QED) is 0.219. The molecule has 2 heterocycles. The van der Waals surface area contributed by atoms with Crippen molar-refractivity contribution in [1.82, 2.24) is 14.5 Å². The van der Waals surface area contributed by atoms with E-state index in [0.29, 0.717) is 10.5 Å². The molecular weight excluding hydrogens is 720 g/mol. The van der Waals surface area contributed by atoms with Crippen LogP contribution in [0.15, 0.2) is 77.6 Å². The van der Waals surface area contributed by atoms with Gasteiger partial charge >= 0.3 is 12.1 Å². The Kier molecular flexibility index (Phi) is 12.1. The van der Waals surface area contributed by atoms with Gasteiger partial charge in [-0.15, -0.1) is 6.42 Å². The molecule has 1 N–H and O–H groups in total. The highest BCUT2D eigenvalue weighted by molar-refractivity contribution is 6.34. The maximum atomic E-state index is 14.4. The van der Waals surface area contributed by atoms with Crippen LogP contribution in [0.5, 0.6) is 0 Å². The summed E-state index contributed by atoms with van der Waals surface area (Å²) in [6.45, 7) is 2.67. The molecule has 0 spiro atoms. The SMILES string of the molecule is C#CC#CC#CC#CC#CC#CC#COC(=O)c1ccc(Cl)c(NC(=O)C(c2nc3ccccc3c(=O)n2Cc2ccccc2)N2C(=O)OC(C)(C)C2=O)c1. The molecule has 0 bridgehead atoms. The van der Waals surface area contributed by atoms with Crippen LogP contribution >= 0.6 is 11.6 Å². The van der Waals surface area contributed by atoms with Crippen LogP contribution < -0.4 is 10.9 Å². The maximum absolute atomic E-state index is 14.4. The van der Waals surface area contributed by atoms with E-state index in [0.717, 1.165) is 0 Å². The lowest BCUT2D eigenvalue weighted by Gasteiger charge is -2.26. The number of halogens is 1. The number of para-hydroxylation sites is 1. The van der Waals surface area contributed by atoms with Crippen molar-refractivity contribution in [3.8, 4) is 83.6 Å². The Morgan fingerprint density at radius 3 is 2.13 bits per heavy atom. The van der Waals surface area contributed by atoms with Gasteiger partial charge in [0.1, 0.15) is 11.9 Å². The molecule has 0 saturated carbocycles. The lowest BCUT2D eigenvalue weighted by atomic mass is 10.1. The molecule has 1 saturated heterocycles. The minimum atomic E-state index is -1.84. The second-order valence-electron chi connectivity index (χ2n) is 11.5. The van der Waals surface area contributed by atoms with Gasteiger partial charge < -0.3 is 14.8 Å². The zero-order valence-corrected chi connectivity index (χ0v) is 29.6. The number of carbonyl (C=O) groups excluding carboxylic acids is 4. The van der Waals surface area contributed by atoms with E-state index in [1.54, 1.807) is 54.6 Å². The third-order valence-corrected chi connectivity index (χ3v) is 7.78. The van der Waals surface area contributed by atoms with Crippen LogP contribution in [0.4, 0.5) is 10.5 Å². The fraction of sp³-hybridized carbons (Fsp3) is 0.116. The van der Waals surface area contributed by atoms with E-state index >= 15 is 0 Å². The lowest BCUT2D eigenvalue weighted by Crippen LogP contribution is -2.46. The highest BCUT2D eigenvalue weighted by atomic mass is 35.5. The van der Waals surface area contributed by atoms with Gasteiger partial charge in [0.2, 0.25) is 0 Å². The minimum absolute atomic E-state index is 0.0162. The molecule has 1 aromatic heterocycles. The van der Waals surface area contributed by atoms with E-state index in [1.807, 2.05) is 0 Å². The summed E-state index contributed by atoms with van der Waals surface area (Å²) < 4.78 is 11.5. The summed E-state index contributed by atoms with van der Waals surface area (Å²) in [5.41, 5.74) is -1.45. The molecule has 3 aromatic carbocycles. The molecule has 4 aromatic rings. The van der Waals surface area contributed by atoms with E-state index in [4.69, 9.17) is 27.5 Å². The molecule has 1 unspecified atom stereocenters. The molecular formula is C43H23ClN4O7. The number of benzene rings is 3. The Labute approximate surface area is 320 Å². The first kappa shape index (κ1) is 38.1. The molecule has 1 atom stereocenters. The zero-order valence-electron chi connectivity index (χ0n) is 28.9. The van der Waals surface area contributed by atoms with E-state index in [2.05, 4.69) is 87.5 Å². The molecule has 11 nitrogen and oxygen atoms in total. The average molecular weight is 743 g/mol. The number of carbonyl (C=O) groups is 4. The minimum Gasteiger partial charge on any atom is -0.433 e. The fourth-order valence-electron chi connectivity index (χ4n) is 4.99. The second-order valence-corrected chi connectivity index (χ2v) is 11.9. The van der Waals surface area contributed by atoms with Crippen molar-refractivity contribution in [3.05, 3.63) is 105 Å². The van der Waals surface area contributed by atoms with Crippen molar-refractivity contribution in [2.24, 2.45) is 0 Å². The summed E-state index contributed by atoms with van der Waals surface area (Å²) in [5, 5.41) is 2.81. The van der Waals surface area contributed by atoms with Gasteiger partial charge in [-0.3, -0.25) is 19.0 Å². The van der Waals surface area contributed by atoms with Gasteiger partial charge in [-0.25, -0.2) is 19.5 Å². The average Bonchev–Trinajstić information content (AvgIpc) is 3.37. The number of cyclic esters (lactones) is 1. The van der Waals surface area contributed by atoms with Gasteiger partial charge in [-0.05, 0) is 85.3 Å². The number of ether oxygens (including phenoxy) is 2. The predicted octanol–water partition coefficient (Wildman–Crippen LogP) is 4.30. The van der Waals surface area contributed by atoms with Crippen LogP contribution in [0.2, 0.25) is 5.02 Å². The maximum Gasteiger partial charge on any atom is 0.418 e. The molecule has 3 amide bonds. The summed E-state index contributed by atoms with van der Waals surface area (Å²) in [5.74, 6) is 25.5. The largest absolute Gasteiger partial charge is 0.433 e. The number of rotatable bonds is 7. The molecule has 0 radical (unpaired) electrons. The van der Waals surface area contributed by atoms with E-state index in [9.17, 15) is 24.0 Å². The van der Waals surface area contributed by atoms with Crippen LogP contribution in [0.25, 0.3) is 10.9 Å². The highest BCUT2D eigenvalue weighted by Gasteiger charge is 2.53. The Balaban J connectivity index is 1.46. The van der Waals surface area contributed by atoms with Crippen LogP contribution in [0, 0.1) is 83.6 Å². The Morgan fingerprint density at radius 1 is 0.873 bits per heavy atom. The third-order valence-electron chi connectivity index (χ3n) is 7.45. The standard InChI is InChI=1S/C43H23ClN4O7/c1-4-5-6-7-8-9-10-11-12-13-14-20-27-54-40(51)31-25-26-33(44)35(28-31)46-38(49)36(48-41(52)43(2,3)55-42(48)53)37-45-34-24-19-18-23-32(34)39(50)47(37)29-30-21-16-15-17-22-30/h1,15-19,21-26,28,36H,29H2,2-3H3,(H,46,49). The number of fused-ring (bicyclic) bond motifs is 1. The van der Waals surface area contributed by atoms with Gasteiger partial charge in [-0.2, -0.15) is 0 Å². The van der Waals surface area contributed by atoms with Gasteiger partial charge in [0, 0.05) is 35.5 Å². The van der Waals surface area contributed by atoms with Crippen LogP contribution in [0.1, 0.15) is 41.6 Å². The molecule has 5 rings (SSSR count). The van der Waals surface area contributed by atoms with Gasteiger partial charge in [0.25, 0.3) is 17.4 Å². The number of hydrogen-bond donors (Lipinski definition) is 1. The molecule has 264 valence electrons. The first-order chi connectivity index (χ1) is 26.5. The van der Waals surface area contributed by atoms with Gasteiger partial charge in [-0.1, -0.05) is 54.1 Å². The number of amides is 3. The normalized spacial score (nSPS) is 12.3. The molecule has 1 aliphatic rings. The van der Waals surface area contributed by atoms with Crippen molar-refractivity contribution in [1.29, 1.82) is 0 Å². The van der Waals surface area contributed by atoms with Crippen molar-refractivity contribution in [2.75, 3.05) is 5.32 Å². The van der Waals surface area contributed by atoms with Crippen LogP contribution in [-0.4, -0.2) is 43.9 Å². The van der Waals surface area contributed by atoms with Gasteiger partial charge in [0.15, 0.2) is 11.6 Å². The number of terminal acetylenes is 1. The summed E-state index contributed by atoms with van der Waals surface area (Å²) in [4.78, 5) is 73.4. The van der Waals surface area contributed by atoms with Crippen molar-refractivity contribution in [3.63, 3.8) is 0 Å². The summed E-state index contributed by atoms with van der Waals surface area (Å²) in [6, 6.07) is 17.3. The van der Waals surface area contributed by atoms with Crippen molar-refractivity contribution < 1.29 is 28.7 Å². The van der Waals surface area contributed by atoms with Gasteiger partial charge in [0.05, 0.1) is 33.7 Å². The van der Waals surface area contributed by atoms with E-state index < -0.39 is 41.1 Å². The molecule has 0 aliphatic carbocycles. The smallest absolute Gasteiger partial charge is 0.418 e. The predicted molar refractivity (Wildman–Crippen MR) is 203 cm³/mol. The molecule has 1 fully saturated rings. The first-order valence-electron chi connectivity index (χ1n) is 15.9. The van der Waals surface area contributed by atoms with E-state index in [-0.39, 0.29) is 39.5 Å². The second kappa shape index (κ2) is 17.4. The number of hydrogen-bond acceptors (Lipinski definition) is 8. The topological polar surface area (TPSA) is 137 Å². The number of nitrogens with zero attached hydrogens (tertiary/aromatic N) is 3. The monoisotopic (exact) mass is 742 g/mol. The Morgan fingerprint density at radius 2 is 1.49 bits per heavy atom. The number of aromatic nitrogens is 2. The zero-order chi connectivity index (χ0) is 39.4. The van der Waals surface area contributed by atoms with E-state index in [1.165, 1.54) is 36.6 Å². The van der Waals surface area contributed by atoms with Crippen molar-refractivity contribution >= 4 is 52.1 Å². The van der Waals surface area contributed by atoms with Crippen LogP contribution in [-0.2, 0) is 25.6 Å². The number of nitrogens with one attached hydrogen (secondary N) is 1. The summed E-state index contributed by atoms with van der Waals surface area (Å²) in [7, 11) is 0. The molecule has 1 aliphatic heterocycles. The molecule has 55 heavy (non-hydrogen) atoms. The summed E-state index contributed by atoms with van der Waals surface area (Å²) in [6.07, 6.45) is 5.98. The summed E-state index contributed by atoms with van der Waals surface area (Å²) >= 11 is 6.44.